The Morgan fingerprint density at radius 1 is 0.811 bits per heavy atom. The quantitative estimate of drug-likeness (QED) is 0.119. The molecule has 2 saturated heterocycles. The number of nitrogens with zero attached hydrogens (tertiary/aromatic N) is 5. The van der Waals surface area contributed by atoms with Gasteiger partial charge in [-0.15, -0.1) is 0 Å². The van der Waals surface area contributed by atoms with E-state index in [1.54, 1.807) is 13.8 Å². The summed E-state index contributed by atoms with van der Waals surface area (Å²) >= 11 is 0. The highest BCUT2D eigenvalue weighted by molar-refractivity contribution is 7.44. The van der Waals surface area contributed by atoms with Gasteiger partial charge in [0.15, 0.2) is 0 Å². The molecular weight excluding hydrogens is 732 g/mol. The van der Waals surface area contributed by atoms with Gasteiger partial charge in [-0.2, -0.15) is 0 Å². The van der Waals surface area contributed by atoms with Gasteiger partial charge in [0.1, 0.15) is 31.8 Å². The van der Waals surface area contributed by atoms with Crippen molar-refractivity contribution in [3.8, 4) is 0 Å². The Morgan fingerprint density at radius 2 is 1.30 bits per heavy atom. The SMILES string of the molecule is [C-]#[N+]CCOP(OC[C@H]1O[C@@H](n2cc(C)c(=O)[nH]c2=O)C[C@@H]1OP(OCC[N+]#[C-])N(C(C)C)C(C)C)O[C@H]1C[C@H](n2cc(C)c(=O)[nH]c2=O)O[C@@H]1CC. The lowest BCUT2D eigenvalue weighted by Gasteiger charge is -2.37. The molecule has 2 aliphatic heterocycles. The van der Waals surface area contributed by atoms with Crippen LogP contribution in [0.2, 0.25) is 0 Å². The van der Waals surface area contributed by atoms with Crippen LogP contribution >= 0.6 is 17.1 Å². The number of nitrogens with one attached hydrogen (secondary N) is 2. The zero-order chi connectivity index (χ0) is 38.8. The van der Waals surface area contributed by atoms with Crippen molar-refractivity contribution >= 4 is 17.1 Å². The van der Waals surface area contributed by atoms with Crippen molar-refractivity contribution in [2.45, 2.75) is 117 Å². The van der Waals surface area contributed by atoms with Gasteiger partial charge in [0.2, 0.25) is 13.1 Å². The molecule has 18 nitrogen and oxygen atoms in total. The molecule has 53 heavy (non-hydrogen) atoms. The molecule has 292 valence electrons. The van der Waals surface area contributed by atoms with Gasteiger partial charge in [0.25, 0.3) is 19.6 Å². The second-order valence-electron chi connectivity index (χ2n) is 13.1. The maximum atomic E-state index is 12.9. The first kappa shape index (κ1) is 42.6. The Labute approximate surface area is 310 Å². The fourth-order valence-electron chi connectivity index (χ4n) is 5.99. The number of hydrogen-bond donors (Lipinski definition) is 2. The van der Waals surface area contributed by atoms with E-state index in [0.29, 0.717) is 17.5 Å². The van der Waals surface area contributed by atoms with Crippen LogP contribution in [0, 0.1) is 27.0 Å². The molecule has 0 aromatic carbocycles. The molecule has 4 rings (SSSR count). The molecule has 2 unspecified atom stereocenters. The summed E-state index contributed by atoms with van der Waals surface area (Å²) < 4.78 is 48.7. The molecule has 0 radical (unpaired) electrons. The van der Waals surface area contributed by atoms with Crippen LogP contribution < -0.4 is 22.5 Å². The zero-order valence-electron chi connectivity index (χ0n) is 31.1. The normalized spacial score (nSPS) is 24.2. The number of ether oxygens (including phenoxy) is 2. The summed E-state index contributed by atoms with van der Waals surface area (Å²) in [6.45, 7) is 27.9. The average Bonchev–Trinajstić information content (AvgIpc) is 3.69. The van der Waals surface area contributed by atoms with Gasteiger partial charge in [-0.3, -0.25) is 28.7 Å². The molecule has 2 aromatic heterocycles. The molecule has 0 bridgehead atoms. The first-order valence-corrected chi connectivity index (χ1v) is 19.7. The molecule has 4 heterocycles. The molecule has 2 N–H and O–H groups in total. The number of hydrogen-bond acceptors (Lipinski definition) is 12. The van der Waals surface area contributed by atoms with Crippen LogP contribution in [0.4, 0.5) is 0 Å². The number of aromatic nitrogens is 4. The number of aryl methyl sites for hydroxylation is 2. The highest BCUT2D eigenvalue weighted by atomic mass is 31.2. The Kier molecular flexibility index (Phi) is 16.1. The van der Waals surface area contributed by atoms with E-state index < -0.39 is 76.5 Å². The first-order valence-electron chi connectivity index (χ1n) is 17.5. The molecule has 2 aromatic rings. The monoisotopic (exact) mass is 781 g/mol. The van der Waals surface area contributed by atoms with Gasteiger partial charge in [0, 0.05) is 48.4 Å². The maximum absolute atomic E-state index is 12.9. The van der Waals surface area contributed by atoms with Gasteiger partial charge in [-0.25, -0.2) is 27.4 Å². The van der Waals surface area contributed by atoms with Crippen LogP contribution in [-0.2, 0) is 32.1 Å². The van der Waals surface area contributed by atoms with E-state index in [1.165, 1.54) is 21.5 Å². The van der Waals surface area contributed by atoms with E-state index in [-0.39, 0.29) is 57.8 Å². The van der Waals surface area contributed by atoms with Gasteiger partial charge < -0.3 is 41.8 Å². The number of aromatic amines is 2. The topological polar surface area (TPSA) is 186 Å². The van der Waals surface area contributed by atoms with Crippen LogP contribution in [-0.4, -0.2) is 93.2 Å². The predicted octanol–water partition coefficient (Wildman–Crippen LogP) is 3.92. The molecule has 8 atom stereocenters. The second-order valence-corrected chi connectivity index (χ2v) is 15.7. The van der Waals surface area contributed by atoms with Crippen molar-refractivity contribution in [3.63, 3.8) is 0 Å². The summed E-state index contributed by atoms with van der Waals surface area (Å²) in [5.41, 5.74) is -1.53. The lowest BCUT2D eigenvalue weighted by atomic mass is 10.1. The largest absolute Gasteiger partial charge is 0.352 e. The van der Waals surface area contributed by atoms with Crippen molar-refractivity contribution in [1.82, 2.24) is 23.8 Å². The third-order valence-electron chi connectivity index (χ3n) is 8.52. The summed E-state index contributed by atoms with van der Waals surface area (Å²) in [6.07, 6.45) is -0.0925. The summed E-state index contributed by atoms with van der Waals surface area (Å²) in [5, 5.41) is 0. The molecule has 0 saturated carbocycles. The molecule has 20 heteroatoms. The molecule has 2 fully saturated rings. The summed E-state index contributed by atoms with van der Waals surface area (Å²) in [7, 11) is -3.80. The van der Waals surface area contributed by atoms with E-state index in [9.17, 15) is 19.2 Å². The summed E-state index contributed by atoms with van der Waals surface area (Å²) in [6, 6.07) is 0.0617. The van der Waals surface area contributed by atoms with Crippen molar-refractivity contribution < 1.29 is 32.1 Å². The second kappa shape index (κ2) is 20.0. The number of rotatable bonds is 19. The van der Waals surface area contributed by atoms with E-state index in [0.717, 1.165) is 0 Å². The third kappa shape index (κ3) is 11.2. The molecular formula is C33H49N7O11P2. The fraction of sp³-hybridized carbons (Fsp3) is 0.697. The first-order chi connectivity index (χ1) is 25.3. The smallest absolute Gasteiger partial charge is 0.333 e. The Bertz CT molecular complexity index is 1830. The van der Waals surface area contributed by atoms with Crippen molar-refractivity contribution in [1.29, 1.82) is 0 Å². The van der Waals surface area contributed by atoms with Crippen LogP contribution in [0.15, 0.2) is 31.6 Å². The molecule has 0 aliphatic carbocycles. The minimum Gasteiger partial charge on any atom is -0.352 e. The summed E-state index contributed by atoms with van der Waals surface area (Å²) in [5.74, 6) is 0. The highest BCUT2D eigenvalue weighted by Gasteiger charge is 2.44. The van der Waals surface area contributed by atoms with Gasteiger partial charge >= 0.3 is 20.0 Å². The Balaban J connectivity index is 1.59. The minimum atomic E-state index is -2.10. The van der Waals surface area contributed by atoms with Crippen LogP contribution in [0.25, 0.3) is 9.69 Å². The average molecular weight is 782 g/mol. The van der Waals surface area contributed by atoms with Crippen LogP contribution in [0.5, 0.6) is 0 Å². The van der Waals surface area contributed by atoms with Crippen molar-refractivity contribution in [2.75, 3.05) is 32.9 Å². The van der Waals surface area contributed by atoms with Crippen LogP contribution in [0.1, 0.15) is 77.5 Å². The predicted molar refractivity (Wildman–Crippen MR) is 196 cm³/mol. The lowest BCUT2D eigenvalue weighted by molar-refractivity contribution is -0.0466. The van der Waals surface area contributed by atoms with Gasteiger partial charge in [-0.05, 0) is 48.0 Å². The zero-order valence-corrected chi connectivity index (χ0v) is 32.8. The van der Waals surface area contributed by atoms with Gasteiger partial charge in [-0.1, -0.05) is 6.92 Å². The van der Waals surface area contributed by atoms with E-state index in [2.05, 4.69) is 24.3 Å². The minimum absolute atomic E-state index is 0.0274. The van der Waals surface area contributed by atoms with Crippen molar-refractivity contribution in [3.05, 3.63) is 88.0 Å². The van der Waals surface area contributed by atoms with Gasteiger partial charge in [0.05, 0.1) is 24.9 Å². The standard InChI is InChI=1S/C33H49N7O11P2/c1-10-24-25(15-28(48-24)38-17-22(6)30(41)36-32(38)43)51-53(46-14-12-35-9)47-19-27-26(16-29(49-27)39-18-23(7)31(42)37-33(39)44)50-52(45-13-11-34-8)40(20(2)3)21(4)5/h17-18,20-21,24-29H,10-16,19H2,1-7H3,(H,36,41,43)(H,37,42,44)/t24-,25+,26+,27-,28-,29-,52?,53?/m1/s1. The fourth-order valence-corrected chi connectivity index (χ4v) is 8.87. The maximum Gasteiger partial charge on any atom is 0.333 e. The van der Waals surface area contributed by atoms with E-state index >= 15 is 0 Å². The molecule has 0 spiro atoms. The molecule has 2 aliphatic rings. The van der Waals surface area contributed by atoms with E-state index in [4.69, 9.17) is 45.2 Å². The van der Waals surface area contributed by atoms with Crippen LogP contribution in [0.3, 0.4) is 0 Å². The Morgan fingerprint density at radius 3 is 1.79 bits per heavy atom. The lowest BCUT2D eigenvalue weighted by Crippen LogP contribution is -2.36. The van der Waals surface area contributed by atoms with E-state index in [1.807, 2.05) is 34.6 Å². The van der Waals surface area contributed by atoms with Crippen molar-refractivity contribution in [2.24, 2.45) is 0 Å². The Hall–Kier alpha value is -3.12. The number of H-pyrrole nitrogens is 2. The molecule has 0 amide bonds. The summed E-state index contributed by atoms with van der Waals surface area (Å²) in [4.78, 5) is 61.1. The highest BCUT2D eigenvalue weighted by Crippen LogP contribution is 2.51. The third-order valence-corrected chi connectivity index (χ3v) is 11.9.